The first kappa shape index (κ1) is 13.9. The third kappa shape index (κ3) is 3.71. The smallest absolute Gasteiger partial charge is 0.341 e. The minimum atomic E-state index is -1.06. The van der Waals surface area contributed by atoms with Crippen molar-refractivity contribution >= 4 is 23.5 Å². The van der Waals surface area contributed by atoms with Gasteiger partial charge >= 0.3 is 5.97 Å². The number of aliphatic carboxylic acids is 1. The second-order valence-corrected chi connectivity index (χ2v) is 4.35. The number of carboxylic acids is 1. The average molecular weight is 278 g/mol. The summed E-state index contributed by atoms with van der Waals surface area (Å²) in [6.07, 6.45) is 0.852. The number of hydrogen-bond acceptors (Lipinski definition) is 4. The number of nitrogens with one attached hydrogen (secondary N) is 2. The number of carbonyl (C=O) groups is 3. The van der Waals surface area contributed by atoms with E-state index in [4.69, 9.17) is 9.84 Å². The quantitative estimate of drug-likeness (QED) is 0.721. The topological polar surface area (TPSA) is 105 Å². The minimum Gasteiger partial charge on any atom is -0.482 e. The second-order valence-electron chi connectivity index (χ2n) is 4.35. The lowest BCUT2D eigenvalue weighted by molar-refractivity contribution is -0.139. The van der Waals surface area contributed by atoms with E-state index in [-0.39, 0.29) is 11.8 Å². The fourth-order valence-corrected chi connectivity index (χ4v) is 1.82. The van der Waals surface area contributed by atoms with Crippen molar-refractivity contribution in [3.8, 4) is 5.75 Å². The molecule has 7 nitrogen and oxygen atoms in total. The summed E-state index contributed by atoms with van der Waals surface area (Å²) in [7, 11) is 0. The Labute approximate surface area is 114 Å². The standard InChI is InChI=1S/C13H14N2O5/c16-11-6-5-10(15-11)13(19)14-8-1-3-9(4-2-8)20-7-12(17)18/h1-4,10H,5-7H2,(H,14,19)(H,15,16)(H,17,18). The lowest BCUT2D eigenvalue weighted by atomic mass is 10.2. The van der Waals surface area contributed by atoms with Gasteiger partial charge < -0.3 is 20.5 Å². The molecule has 20 heavy (non-hydrogen) atoms. The number of amides is 2. The van der Waals surface area contributed by atoms with Crippen molar-refractivity contribution < 1.29 is 24.2 Å². The highest BCUT2D eigenvalue weighted by Crippen LogP contribution is 2.17. The van der Waals surface area contributed by atoms with Gasteiger partial charge in [0, 0.05) is 12.1 Å². The van der Waals surface area contributed by atoms with E-state index < -0.39 is 18.6 Å². The molecule has 1 aromatic rings. The third-order valence-corrected chi connectivity index (χ3v) is 2.80. The van der Waals surface area contributed by atoms with Gasteiger partial charge in [0.05, 0.1) is 0 Å². The van der Waals surface area contributed by atoms with Gasteiger partial charge in [-0.1, -0.05) is 0 Å². The van der Waals surface area contributed by atoms with Gasteiger partial charge in [0.1, 0.15) is 11.8 Å². The summed E-state index contributed by atoms with van der Waals surface area (Å²) in [5.41, 5.74) is 0.554. The Hall–Kier alpha value is -2.57. The number of hydrogen-bond donors (Lipinski definition) is 3. The maximum Gasteiger partial charge on any atom is 0.341 e. The van der Waals surface area contributed by atoms with Crippen LogP contribution in [0.3, 0.4) is 0 Å². The van der Waals surface area contributed by atoms with Crippen molar-refractivity contribution in [3.63, 3.8) is 0 Å². The Balaban J connectivity index is 1.88. The van der Waals surface area contributed by atoms with Crippen LogP contribution in [0, 0.1) is 0 Å². The highest BCUT2D eigenvalue weighted by Gasteiger charge is 2.26. The van der Waals surface area contributed by atoms with Gasteiger partial charge in [0.15, 0.2) is 6.61 Å². The van der Waals surface area contributed by atoms with Gasteiger partial charge in [-0.05, 0) is 30.7 Å². The van der Waals surface area contributed by atoms with Crippen LogP contribution in [0.1, 0.15) is 12.8 Å². The molecule has 0 saturated carbocycles. The summed E-state index contributed by atoms with van der Waals surface area (Å²) in [6, 6.07) is 5.83. The highest BCUT2D eigenvalue weighted by atomic mass is 16.5. The van der Waals surface area contributed by atoms with Crippen molar-refractivity contribution in [2.24, 2.45) is 0 Å². The van der Waals surface area contributed by atoms with E-state index in [1.807, 2.05) is 0 Å². The van der Waals surface area contributed by atoms with Crippen molar-refractivity contribution in [2.75, 3.05) is 11.9 Å². The summed E-state index contributed by atoms with van der Waals surface area (Å²) in [5, 5.41) is 13.7. The fourth-order valence-electron chi connectivity index (χ4n) is 1.82. The number of rotatable bonds is 5. The van der Waals surface area contributed by atoms with Gasteiger partial charge in [0.25, 0.3) is 0 Å². The van der Waals surface area contributed by atoms with Crippen LogP contribution >= 0.6 is 0 Å². The molecule has 1 aliphatic rings. The first-order valence-corrected chi connectivity index (χ1v) is 6.09. The molecule has 7 heteroatoms. The predicted octanol–water partition coefficient (Wildman–Crippen LogP) is 0.367. The molecule has 0 radical (unpaired) electrons. The van der Waals surface area contributed by atoms with Crippen molar-refractivity contribution in [1.82, 2.24) is 5.32 Å². The predicted molar refractivity (Wildman–Crippen MR) is 69.4 cm³/mol. The Morgan fingerprint density at radius 3 is 2.60 bits per heavy atom. The number of anilines is 1. The summed E-state index contributed by atoms with van der Waals surface area (Å²) < 4.78 is 4.97. The Morgan fingerprint density at radius 1 is 1.35 bits per heavy atom. The van der Waals surface area contributed by atoms with Crippen LogP contribution in [-0.4, -0.2) is 35.5 Å². The molecule has 106 valence electrons. The highest BCUT2D eigenvalue weighted by molar-refractivity contribution is 5.98. The number of carboxylic acid groups (broad SMARTS) is 1. The molecular weight excluding hydrogens is 264 g/mol. The molecule has 3 N–H and O–H groups in total. The maximum absolute atomic E-state index is 11.8. The van der Waals surface area contributed by atoms with Crippen LogP contribution < -0.4 is 15.4 Å². The largest absolute Gasteiger partial charge is 0.482 e. The molecule has 1 unspecified atom stereocenters. The Bertz CT molecular complexity index is 526. The van der Waals surface area contributed by atoms with E-state index >= 15 is 0 Å². The lowest BCUT2D eigenvalue weighted by Gasteiger charge is -2.11. The third-order valence-electron chi connectivity index (χ3n) is 2.80. The van der Waals surface area contributed by atoms with Gasteiger partial charge in [-0.25, -0.2) is 4.79 Å². The van der Waals surface area contributed by atoms with Crippen molar-refractivity contribution in [1.29, 1.82) is 0 Å². The minimum absolute atomic E-state index is 0.123. The number of benzene rings is 1. The molecule has 1 aliphatic heterocycles. The molecule has 2 amide bonds. The zero-order chi connectivity index (χ0) is 14.5. The first-order chi connectivity index (χ1) is 9.54. The Morgan fingerprint density at radius 2 is 2.05 bits per heavy atom. The summed E-state index contributed by atoms with van der Waals surface area (Å²) in [6.45, 7) is -0.417. The molecular formula is C13H14N2O5. The molecule has 0 aliphatic carbocycles. The van der Waals surface area contributed by atoms with Gasteiger partial charge in [-0.2, -0.15) is 0 Å². The first-order valence-electron chi connectivity index (χ1n) is 6.09. The van der Waals surface area contributed by atoms with E-state index in [2.05, 4.69) is 10.6 Å². The summed E-state index contributed by atoms with van der Waals surface area (Å²) >= 11 is 0. The van der Waals surface area contributed by atoms with Crippen LogP contribution in [0.25, 0.3) is 0 Å². The number of carbonyl (C=O) groups excluding carboxylic acids is 2. The van der Waals surface area contributed by atoms with E-state index in [0.717, 1.165) is 0 Å². The zero-order valence-electron chi connectivity index (χ0n) is 10.6. The zero-order valence-corrected chi connectivity index (χ0v) is 10.6. The molecule has 0 aromatic heterocycles. The lowest BCUT2D eigenvalue weighted by Crippen LogP contribution is -2.37. The van der Waals surface area contributed by atoms with E-state index in [0.29, 0.717) is 24.3 Å². The van der Waals surface area contributed by atoms with Gasteiger partial charge in [0.2, 0.25) is 11.8 Å². The van der Waals surface area contributed by atoms with E-state index in [9.17, 15) is 14.4 Å². The van der Waals surface area contributed by atoms with Crippen molar-refractivity contribution in [2.45, 2.75) is 18.9 Å². The SMILES string of the molecule is O=C(O)COc1ccc(NC(=O)C2CCC(=O)N2)cc1. The van der Waals surface area contributed by atoms with E-state index in [1.54, 1.807) is 24.3 Å². The van der Waals surface area contributed by atoms with Crippen LogP contribution in [0.5, 0.6) is 5.75 Å². The second kappa shape index (κ2) is 6.05. The molecule has 1 fully saturated rings. The van der Waals surface area contributed by atoms with Crippen LogP contribution in [0.15, 0.2) is 24.3 Å². The van der Waals surface area contributed by atoms with Crippen LogP contribution in [0.4, 0.5) is 5.69 Å². The Kier molecular flexibility index (Phi) is 4.19. The normalized spacial score (nSPS) is 17.4. The molecule has 1 atom stereocenters. The van der Waals surface area contributed by atoms with Crippen LogP contribution in [-0.2, 0) is 14.4 Å². The summed E-state index contributed by atoms with van der Waals surface area (Å²) in [4.78, 5) is 33.2. The average Bonchev–Trinajstić information content (AvgIpc) is 2.85. The molecule has 0 bridgehead atoms. The monoisotopic (exact) mass is 278 g/mol. The fraction of sp³-hybridized carbons (Fsp3) is 0.308. The molecule has 1 aromatic carbocycles. The van der Waals surface area contributed by atoms with Crippen molar-refractivity contribution in [3.05, 3.63) is 24.3 Å². The molecule has 1 heterocycles. The summed E-state index contributed by atoms with van der Waals surface area (Å²) in [5.74, 6) is -1.04. The molecule has 0 spiro atoms. The van der Waals surface area contributed by atoms with Gasteiger partial charge in [-0.15, -0.1) is 0 Å². The number of ether oxygens (including phenoxy) is 1. The van der Waals surface area contributed by atoms with Gasteiger partial charge in [-0.3, -0.25) is 9.59 Å². The van der Waals surface area contributed by atoms with Crippen LogP contribution in [0.2, 0.25) is 0 Å². The molecule has 1 saturated heterocycles. The molecule has 2 rings (SSSR count). The van der Waals surface area contributed by atoms with E-state index in [1.165, 1.54) is 0 Å². The maximum atomic E-state index is 11.8.